The van der Waals surface area contributed by atoms with Gasteiger partial charge in [-0.25, -0.2) is 8.42 Å². The molecule has 0 radical (unpaired) electrons. The van der Waals surface area contributed by atoms with E-state index in [4.69, 9.17) is 0 Å². The van der Waals surface area contributed by atoms with E-state index in [2.05, 4.69) is 50.6 Å². The maximum absolute atomic E-state index is 13.3. The summed E-state index contributed by atoms with van der Waals surface area (Å²) in [6.07, 6.45) is 5.05. The van der Waals surface area contributed by atoms with Crippen molar-refractivity contribution in [1.29, 1.82) is 0 Å². The van der Waals surface area contributed by atoms with E-state index in [0.717, 1.165) is 35.7 Å². The first kappa shape index (κ1) is 27.2. The Morgan fingerprint density at radius 2 is 1.83 bits per heavy atom. The molecule has 8 nitrogen and oxygen atoms in total. The quantitative estimate of drug-likeness (QED) is 0.529. The molecular formula is C26H40N4O4S. The van der Waals surface area contributed by atoms with Gasteiger partial charge < -0.3 is 16.0 Å². The van der Waals surface area contributed by atoms with Crippen LogP contribution < -0.4 is 16.0 Å². The number of aryl methyl sites for hydroxylation is 1. The molecule has 1 aromatic carbocycles. The zero-order valence-corrected chi connectivity index (χ0v) is 22.5. The van der Waals surface area contributed by atoms with Crippen LogP contribution in [0.3, 0.4) is 0 Å². The van der Waals surface area contributed by atoms with E-state index in [1.807, 2.05) is 6.92 Å². The number of amides is 2. The van der Waals surface area contributed by atoms with Crippen molar-refractivity contribution in [2.24, 2.45) is 10.8 Å². The minimum atomic E-state index is -3.99. The fourth-order valence-corrected chi connectivity index (χ4v) is 6.18. The highest BCUT2D eigenvalue weighted by atomic mass is 32.2. The van der Waals surface area contributed by atoms with Crippen LogP contribution in [0.1, 0.15) is 65.9 Å². The summed E-state index contributed by atoms with van der Waals surface area (Å²) in [5.41, 5.74) is 0.999. The average Bonchev–Trinajstić information content (AvgIpc) is 2.75. The summed E-state index contributed by atoms with van der Waals surface area (Å²) in [5, 5.41) is 9.29. The molecule has 1 fully saturated rings. The monoisotopic (exact) mass is 504 g/mol. The normalized spacial score (nSPS) is 24.7. The molecule has 0 unspecified atom stereocenters. The van der Waals surface area contributed by atoms with Gasteiger partial charge in [-0.1, -0.05) is 52.3 Å². The maximum Gasteiger partial charge on any atom is 0.264 e. The summed E-state index contributed by atoms with van der Waals surface area (Å²) in [4.78, 5) is 25.8. The van der Waals surface area contributed by atoms with Gasteiger partial charge in [0.2, 0.25) is 11.8 Å². The Kier molecular flexibility index (Phi) is 8.01. The van der Waals surface area contributed by atoms with Gasteiger partial charge >= 0.3 is 0 Å². The van der Waals surface area contributed by atoms with Crippen molar-refractivity contribution < 1.29 is 18.0 Å². The predicted molar refractivity (Wildman–Crippen MR) is 137 cm³/mol. The number of carbonyl (C=O) groups excluding carboxylic acids is 2. The Morgan fingerprint density at radius 3 is 2.43 bits per heavy atom. The summed E-state index contributed by atoms with van der Waals surface area (Å²) in [6.45, 7) is 13.7. The van der Waals surface area contributed by atoms with Crippen LogP contribution in [0, 0.1) is 17.8 Å². The van der Waals surface area contributed by atoms with Gasteiger partial charge in [0.15, 0.2) is 0 Å². The molecule has 3 atom stereocenters. The second kappa shape index (κ2) is 10.3. The van der Waals surface area contributed by atoms with Gasteiger partial charge in [-0.3, -0.25) is 13.9 Å². The van der Waals surface area contributed by atoms with Gasteiger partial charge in [0.1, 0.15) is 6.04 Å². The lowest BCUT2D eigenvalue weighted by Crippen LogP contribution is -2.55. The molecule has 1 aliphatic heterocycles. The minimum absolute atomic E-state index is 0.0490. The predicted octanol–water partition coefficient (Wildman–Crippen LogP) is 3.04. The summed E-state index contributed by atoms with van der Waals surface area (Å²) >= 11 is 0. The van der Waals surface area contributed by atoms with Crippen molar-refractivity contribution >= 4 is 21.8 Å². The topological polar surface area (TPSA) is 108 Å². The van der Waals surface area contributed by atoms with Crippen molar-refractivity contribution in [2.45, 2.75) is 90.2 Å². The number of rotatable bonds is 7. The van der Waals surface area contributed by atoms with Gasteiger partial charge in [-0.15, -0.1) is 0 Å². The van der Waals surface area contributed by atoms with E-state index in [-0.39, 0.29) is 34.1 Å². The molecule has 1 heterocycles. The molecule has 0 spiro atoms. The van der Waals surface area contributed by atoms with Crippen LogP contribution in [0.15, 0.2) is 41.6 Å². The molecule has 3 rings (SSSR count). The molecular weight excluding hydrogens is 464 g/mol. The molecule has 0 bridgehead atoms. The molecule has 0 saturated heterocycles. The fourth-order valence-electron chi connectivity index (χ4n) is 4.73. The average molecular weight is 505 g/mol. The minimum Gasteiger partial charge on any atom is -0.353 e. The standard InChI is InChI=1S/C26H40N4O4S/c1-18-7-10-20(11-8-18)35(33,34)30-14-13-27-24(32)21(30)15-23(31)29-22-12-9-19(16-26(22,5)6)28-17-25(2,3)4/h7-8,10-11,13-14,19,21-22,28H,9,12,15-17H2,1-6H3,(H,27,32)(H,29,31)/t19-,21+,22-/m0/s1. The molecule has 1 saturated carbocycles. The largest absolute Gasteiger partial charge is 0.353 e. The highest BCUT2D eigenvalue weighted by molar-refractivity contribution is 7.89. The van der Waals surface area contributed by atoms with Crippen LogP contribution in [-0.4, -0.2) is 49.2 Å². The van der Waals surface area contributed by atoms with Gasteiger partial charge in [-0.2, -0.15) is 0 Å². The first-order valence-electron chi connectivity index (χ1n) is 12.3. The van der Waals surface area contributed by atoms with Crippen molar-refractivity contribution in [1.82, 2.24) is 20.3 Å². The lowest BCUT2D eigenvalue weighted by molar-refractivity contribution is -0.130. The molecule has 1 aromatic rings. The Balaban J connectivity index is 1.67. The molecule has 2 amide bonds. The van der Waals surface area contributed by atoms with E-state index in [0.29, 0.717) is 6.04 Å². The third-order valence-electron chi connectivity index (χ3n) is 6.81. The number of hydrogen-bond donors (Lipinski definition) is 3. The van der Waals surface area contributed by atoms with Crippen molar-refractivity contribution in [3.63, 3.8) is 0 Å². The van der Waals surface area contributed by atoms with E-state index in [1.165, 1.54) is 24.5 Å². The molecule has 194 valence electrons. The second-order valence-electron chi connectivity index (χ2n) is 11.7. The maximum atomic E-state index is 13.3. The molecule has 0 aromatic heterocycles. The first-order valence-corrected chi connectivity index (χ1v) is 13.7. The molecule has 3 N–H and O–H groups in total. The van der Waals surface area contributed by atoms with Crippen LogP contribution >= 0.6 is 0 Å². The van der Waals surface area contributed by atoms with Crippen molar-refractivity contribution in [3.8, 4) is 0 Å². The zero-order chi connectivity index (χ0) is 26.0. The van der Waals surface area contributed by atoms with E-state index < -0.39 is 22.0 Å². The number of hydrogen-bond acceptors (Lipinski definition) is 5. The Bertz CT molecular complexity index is 1060. The SMILES string of the molecule is Cc1ccc(S(=O)(=O)N2C=CNC(=O)[C@H]2CC(=O)N[C@H]2CC[C@H](NCC(C)(C)C)CC2(C)C)cc1. The second-order valence-corrected chi connectivity index (χ2v) is 13.6. The third kappa shape index (κ3) is 6.85. The van der Waals surface area contributed by atoms with E-state index in [9.17, 15) is 18.0 Å². The van der Waals surface area contributed by atoms with Gasteiger partial charge in [0, 0.05) is 31.0 Å². The zero-order valence-electron chi connectivity index (χ0n) is 21.7. The Morgan fingerprint density at radius 1 is 1.17 bits per heavy atom. The molecule has 1 aliphatic carbocycles. The van der Waals surface area contributed by atoms with Crippen LogP contribution in [0.4, 0.5) is 0 Å². The number of carbonyl (C=O) groups is 2. The summed E-state index contributed by atoms with van der Waals surface area (Å²) < 4.78 is 27.5. The van der Waals surface area contributed by atoms with Crippen LogP contribution in [0.2, 0.25) is 0 Å². The van der Waals surface area contributed by atoms with Crippen molar-refractivity contribution in [2.75, 3.05) is 6.54 Å². The molecule has 9 heteroatoms. The van der Waals surface area contributed by atoms with E-state index in [1.54, 1.807) is 12.1 Å². The number of nitrogens with zero attached hydrogens (tertiary/aromatic N) is 1. The number of benzene rings is 1. The highest BCUT2D eigenvalue weighted by Gasteiger charge is 2.40. The summed E-state index contributed by atoms with van der Waals surface area (Å²) in [6, 6.07) is 5.62. The van der Waals surface area contributed by atoms with Crippen LogP contribution in [-0.2, 0) is 19.6 Å². The highest BCUT2D eigenvalue weighted by Crippen LogP contribution is 2.36. The smallest absolute Gasteiger partial charge is 0.264 e. The first-order chi connectivity index (χ1) is 16.2. The van der Waals surface area contributed by atoms with Gasteiger partial charge in [0.25, 0.3) is 10.0 Å². The number of sulfonamides is 1. The summed E-state index contributed by atoms with van der Waals surface area (Å²) in [7, 11) is -3.99. The van der Waals surface area contributed by atoms with Gasteiger partial charge in [-0.05, 0) is 49.1 Å². The van der Waals surface area contributed by atoms with Crippen LogP contribution in [0.5, 0.6) is 0 Å². The Labute approximate surface area is 210 Å². The fraction of sp³-hybridized carbons (Fsp3) is 0.615. The van der Waals surface area contributed by atoms with Crippen LogP contribution in [0.25, 0.3) is 0 Å². The van der Waals surface area contributed by atoms with Gasteiger partial charge in [0.05, 0.1) is 11.3 Å². The summed E-state index contributed by atoms with van der Waals surface area (Å²) in [5.74, 6) is -0.851. The van der Waals surface area contributed by atoms with Crippen molar-refractivity contribution in [3.05, 3.63) is 42.2 Å². The van der Waals surface area contributed by atoms with E-state index >= 15 is 0 Å². The lowest BCUT2D eigenvalue weighted by Gasteiger charge is -2.44. The lowest BCUT2D eigenvalue weighted by atomic mass is 9.71. The molecule has 2 aliphatic rings. The number of nitrogens with one attached hydrogen (secondary N) is 3. The molecule has 35 heavy (non-hydrogen) atoms. The third-order valence-corrected chi connectivity index (χ3v) is 8.61. The Hall–Kier alpha value is -2.39.